The van der Waals surface area contributed by atoms with Crippen LogP contribution in [-0.2, 0) is 16.1 Å². The number of thiazole rings is 1. The average Bonchev–Trinajstić information content (AvgIpc) is 3.11. The van der Waals surface area contributed by atoms with Crippen LogP contribution < -0.4 is 10.6 Å². The molecule has 1 unspecified atom stereocenters. The maximum Gasteiger partial charge on any atom is 0.248 e. The Kier molecular flexibility index (Phi) is 6.37. The first-order valence-electron chi connectivity index (χ1n) is 8.56. The van der Waals surface area contributed by atoms with Gasteiger partial charge in [-0.1, -0.05) is 19.9 Å². The second-order valence-electron chi connectivity index (χ2n) is 6.63. The number of anilines is 1. The second kappa shape index (κ2) is 8.31. The van der Waals surface area contributed by atoms with Crippen molar-refractivity contribution in [3.8, 4) is 11.3 Å². The molecule has 2 N–H and O–H groups in total. The van der Waals surface area contributed by atoms with Crippen LogP contribution in [0.2, 0.25) is 0 Å². The molecule has 1 atom stereocenters. The lowest BCUT2D eigenvalue weighted by molar-refractivity contribution is -0.126. The van der Waals surface area contributed by atoms with E-state index in [0.717, 1.165) is 29.2 Å². The monoisotopic (exact) mass is 374 g/mol. The van der Waals surface area contributed by atoms with Crippen molar-refractivity contribution in [1.29, 1.82) is 0 Å². The lowest BCUT2D eigenvalue weighted by Crippen LogP contribution is -2.46. The minimum atomic E-state index is -0.586. The highest BCUT2D eigenvalue weighted by molar-refractivity contribution is 7.14. The molecule has 0 fully saturated rings. The number of aryl methyl sites for hydroxylation is 1. The number of allylic oxidation sites excluding steroid dienone is 1. The molecule has 26 heavy (non-hydrogen) atoms. The molecule has 0 spiro atoms. The molecule has 0 saturated heterocycles. The molecule has 0 aliphatic carbocycles. The molecule has 0 saturated carbocycles. The van der Waals surface area contributed by atoms with Crippen molar-refractivity contribution in [3.63, 3.8) is 0 Å². The number of aromatic nitrogens is 2. The standard InChI is InChI=1S/C19H26N4O2S/c1-7-8-23-12(4)9-15(13(23)5)16-10-26-19(21-16)22-18(25)17(11(2)3)20-14(6)24/h7,9-11,17H,1,8H2,2-6H3,(H,20,24)(H,21,22,25). The number of hydrogen-bond donors (Lipinski definition) is 2. The van der Waals surface area contributed by atoms with Crippen LogP contribution in [-0.4, -0.2) is 27.4 Å². The van der Waals surface area contributed by atoms with Gasteiger partial charge in [-0.2, -0.15) is 0 Å². The Labute approximate surface area is 158 Å². The highest BCUT2D eigenvalue weighted by Gasteiger charge is 2.24. The van der Waals surface area contributed by atoms with Gasteiger partial charge < -0.3 is 15.2 Å². The van der Waals surface area contributed by atoms with Crippen molar-refractivity contribution in [1.82, 2.24) is 14.9 Å². The van der Waals surface area contributed by atoms with Crippen molar-refractivity contribution in [2.75, 3.05) is 5.32 Å². The van der Waals surface area contributed by atoms with Crippen LogP contribution in [0, 0.1) is 19.8 Å². The molecule has 0 aliphatic heterocycles. The number of nitrogens with one attached hydrogen (secondary N) is 2. The van der Waals surface area contributed by atoms with Gasteiger partial charge in [-0.3, -0.25) is 9.59 Å². The van der Waals surface area contributed by atoms with Crippen LogP contribution in [0.3, 0.4) is 0 Å². The summed E-state index contributed by atoms with van der Waals surface area (Å²) in [5.41, 5.74) is 4.13. The van der Waals surface area contributed by atoms with Crippen molar-refractivity contribution < 1.29 is 9.59 Å². The average molecular weight is 375 g/mol. The summed E-state index contributed by atoms with van der Waals surface area (Å²) in [6.45, 7) is 13.8. The minimum Gasteiger partial charge on any atom is -0.345 e. The van der Waals surface area contributed by atoms with Gasteiger partial charge in [0.25, 0.3) is 0 Å². The first-order valence-corrected chi connectivity index (χ1v) is 9.44. The van der Waals surface area contributed by atoms with Crippen molar-refractivity contribution in [3.05, 3.63) is 35.5 Å². The maximum absolute atomic E-state index is 12.5. The topological polar surface area (TPSA) is 76.0 Å². The normalized spacial score (nSPS) is 12.1. The number of amides is 2. The smallest absolute Gasteiger partial charge is 0.248 e. The van der Waals surface area contributed by atoms with Gasteiger partial charge in [0.2, 0.25) is 11.8 Å². The van der Waals surface area contributed by atoms with Gasteiger partial charge in [-0.15, -0.1) is 17.9 Å². The van der Waals surface area contributed by atoms with Crippen molar-refractivity contribution in [2.24, 2.45) is 5.92 Å². The SMILES string of the molecule is C=CCn1c(C)cc(-c2csc(NC(=O)C(NC(C)=O)C(C)C)n2)c1C. The Morgan fingerprint density at radius 2 is 2.08 bits per heavy atom. The first-order chi connectivity index (χ1) is 12.2. The van der Waals surface area contributed by atoms with E-state index in [1.807, 2.05) is 25.3 Å². The van der Waals surface area contributed by atoms with Crippen LogP contribution in [0.5, 0.6) is 0 Å². The van der Waals surface area contributed by atoms with Gasteiger partial charge in [0.05, 0.1) is 5.69 Å². The predicted molar refractivity (Wildman–Crippen MR) is 106 cm³/mol. The van der Waals surface area contributed by atoms with E-state index in [9.17, 15) is 9.59 Å². The molecule has 140 valence electrons. The molecular weight excluding hydrogens is 348 g/mol. The summed E-state index contributed by atoms with van der Waals surface area (Å²) in [7, 11) is 0. The number of nitrogens with zero attached hydrogens (tertiary/aromatic N) is 2. The summed E-state index contributed by atoms with van der Waals surface area (Å²) in [6.07, 6.45) is 1.87. The third-order valence-corrected chi connectivity index (χ3v) is 4.96. The van der Waals surface area contributed by atoms with Crippen LogP contribution in [0.1, 0.15) is 32.2 Å². The first kappa shape index (κ1) is 19.9. The number of hydrogen-bond acceptors (Lipinski definition) is 4. The van der Waals surface area contributed by atoms with E-state index in [4.69, 9.17) is 0 Å². The van der Waals surface area contributed by atoms with E-state index >= 15 is 0 Å². The Bertz CT molecular complexity index is 820. The van der Waals surface area contributed by atoms with Crippen LogP contribution in [0.4, 0.5) is 5.13 Å². The molecule has 2 amide bonds. The third kappa shape index (κ3) is 4.40. The van der Waals surface area contributed by atoms with Crippen LogP contribution in [0.15, 0.2) is 24.1 Å². The zero-order valence-corrected chi connectivity index (χ0v) is 16.7. The van der Waals surface area contributed by atoms with Gasteiger partial charge in [-0.05, 0) is 25.8 Å². The van der Waals surface area contributed by atoms with E-state index < -0.39 is 6.04 Å². The molecule has 2 aromatic rings. The lowest BCUT2D eigenvalue weighted by Gasteiger charge is -2.20. The molecule has 0 aliphatic rings. The summed E-state index contributed by atoms with van der Waals surface area (Å²) in [6, 6.07) is 1.51. The zero-order valence-electron chi connectivity index (χ0n) is 15.9. The highest BCUT2D eigenvalue weighted by Crippen LogP contribution is 2.30. The van der Waals surface area contributed by atoms with Gasteiger partial charge in [0.15, 0.2) is 5.13 Å². The molecule has 2 heterocycles. The van der Waals surface area contributed by atoms with Crippen molar-refractivity contribution in [2.45, 2.75) is 47.2 Å². The summed E-state index contributed by atoms with van der Waals surface area (Å²) in [5, 5.41) is 7.95. The second-order valence-corrected chi connectivity index (χ2v) is 7.49. The highest BCUT2D eigenvalue weighted by atomic mass is 32.1. The Morgan fingerprint density at radius 1 is 1.38 bits per heavy atom. The van der Waals surface area contributed by atoms with Crippen LogP contribution in [0.25, 0.3) is 11.3 Å². The lowest BCUT2D eigenvalue weighted by atomic mass is 10.0. The maximum atomic E-state index is 12.5. The number of carbonyl (C=O) groups is 2. The summed E-state index contributed by atoms with van der Waals surface area (Å²) < 4.78 is 2.17. The van der Waals surface area contributed by atoms with E-state index in [-0.39, 0.29) is 17.7 Å². The molecule has 0 bridgehead atoms. The fraction of sp³-hybridized carbons (Fsp3) is 0.421. The van der Waals surface area contributed by atoms with Gasteiger partial charge in [0, 0.05) is 35.8 Å². The summed E-state index contributed by atoms with van der Waals surface area (Å²) in [4.78, 5) is 28.3. The van der Waals surface area contributed by atoms with Gasteiger partial charge in [-0.25, -0.2) is 4.98 Å². The zero-order chi connectivity index (χ0) is 19.4. The predicted octanol–water partition coefficient (Wildman–Crippen LogP) is 3.51. The largest absolute Gasteiger partial charge is 0.345 e. The molecule has 2 aromatic heterocycles. The van der Waals surface area contributed by atoms with Crippen LogP contribution >= 0.6 is 11.3 Å². The summed E-state index contributed by atoms with van der Waals surface area (Å²) >= 11 is 1.37. The fourth-order valence-electron chi connectivity index (χ4n) is 2.86. The fourth-order valence-corrected chi connectivity index (χ4v) is 3.58. The minimum absolute atomic E-state index is 0.0174. The Balaban J connectivity index is 2.20. The molecule has 2 rings (SSSR count). The Hall–Kier alpha value is -2.41. The Morgan fingerprint density at radius 3 is 2.65 bits per heavy atom. The molecule has 0 radical (unpaired) electrons. The quantitative estimate of drug-likeness (QED) is 0.728. The molecule has 7 heteroatoms. The van der Waals surface area contributed by atoms with Gasteiger partial charge >= 0.3 is 0 Å². The van der Waals surface area contributed by atoms with E-state index in [2.05, 4.69) is 46.7 Å². The van der Waals surface area contributed by atoms with E-state index in [1.165, 1.54) is 18.3 Å². The number of carbonyl (C=O) groups excluding carboxylic acids is 2. The van der Waals surface area contributed by atoms with Gasteiger partial charge in [0.1, 0.15) is 6.04 Å². The molecule has 6 nitrogen and oxygen atoms in total. The number of rotatable bonds is 7. The molecule has 0 aromatic carbocycles. The molecular formula is C19H26N4O2S. The third-order valence-electron chi connectivity index (χ3n) is 4.20. The van der Waals surface area contributed by atoms with Crippen molar-refractivity contribution >= 4 is 28.3 Å². The summed E-state index contributed by atoms with van der Waals surface area (Å²) in [5.74, 6) is -0.502. The van der Waals surface area contributed by atoms with E-state index in [1.54, 1.807) is 0 Å². The van der Waals surface area contributed by atoms with E-state index in [0.29, 0.717) is 5.13 Å².